The molecule has 1 aliphatic heterocycles. The number of halogens is 1. The van der Waals surface area contributed by atoms with Gasteiger partial charge in [0.15, 0.2) is 0 Å². The van der Waals surface area contributed by atoms with Gasteiger partial charge in [-0.05, 0) is 53.6 Å². The van der Waals surface area contributed by atoms with Gasteiger partial charge in [0.1, 0.15) is 23.9 Å². The molecule has 3 aromatic carbocycles. The SMILES string of the molecule is COc1ccc(S(=O)(=O)NCc2ccc(OCc3ccc(F)cc3)cc2)cc1C(=O)N1CCOCC1. The van der Waals surface area contributed by atoms with Crippen molar-refractivity contribution in [3.63, 3.8) is 0 Å². The molecular weight excluding hydrogens is 487 g/mol. The number of benzene rings is 3. The van der Waals surface area contributed by atoms with Gasteiger partial charge < -0.3 is 19.1 Å². The van der Waals surface area contributed by atoms with Gasteiger partial charge in [-0.3, -0.25) is 4.79 Å². The van der Waals surface area contributed by atoms with E-state index in [1.165, 1.54) is 37.4 Å². The maximum absolute atomic E-state index is 13.0. The van der Waals surface area contributed by atoms with Gasteiger partial charge in [-0.2, -0.15) is 0 Å². The van der Waals surface area contributed by atoms with Gasteiger partial charge in [-0.1, -0.05) is 24.3 Å². The number of amides is 1. The van der Waals surface area contributed by atoms with Crippen LogP contribution in [0.5, 0.6) is 11.5 Å². The number of methoxy groups -OCH3 is 1. The molecule has 0 radical (unpaired) electrons. The van der Waals surface area contributed by atoms with Crippen molar-refractivity contribution in [1.29, 1.82) is 0 Å². The molecule has 0 atom stereocenters. The number of nitrogens with one attached hydrogen (secondary N) is 1. The highest BCUT2D eigenvalue weighted by Crippen LogP contribution is 2.25. The summed E-state index contributed by atoms with van der Waals surface area (Å²) in [5.74, 6) is 0.303. The van der Waals surface area contributed by atoms with Gasteiger partial charge in [-0.25, -0.2) is 17.5 Å². The van der Waals surface area contributed by atoms with Crippen LogP contribution in [-0.4, -0.2) is 52.6 Å². The van der Waals surface area contributed by atoms with Crippen molar-refractivity contribution in [1.82, 2.24) is 9.62 Å². The molecule has 0 saturated carbocycles. The second-order valence-corrected chi connectivity index (χ2v) is 9.92. The predicted molar refractivity (Wildman–Crippen MR) is 131 cm³/mol. The fourth-order valence-corrected chi connectivity index (χ4v) is 4.71. The van der Waals surface area contributed by atoms with Crippen LogP contribution in [0.2, 0.25) is 0 Å². The van der Waals surface area contributed by atoms with Crippen molar-refractivity contribution in [2.45, 2.75) is 18.0 Å². The Labute approximate surface area is 209 Å². The second-order valence-electron chi connectivity index (χ2n) is 8.15. The van der Waals surface area contributed by atoms with Crippen LogP contribution in [0.3, 0.4) is 0 Å². The maximum Gasteiger partial charge on any atom is 0.257 e. The van der Waals surface area contributed by atoms with Gasteiger partial charge in [0, 0.05) is 19.6 Å². The number of ether oxygens (including phenoxy) is 3. The summed E-state index contributed by atoms with van der Waals surface area (Å²) in [6.07, 6.45) is 0. The van der Waals surface area contributed by atoms with E-state index in [1.807, 2.05) is 0 Å². The van der Waals surface area contributed by atoms with E-state index in [0.29, 0.717) is 37.8 Å². The Morgan fingerprint density at radius 1 is 1.00 bits per heavy atom. The Balaban J connectivity index is 1.39. The summed E-state index contributed by atoms with van der Waals surface area (Å²) in [6.45, 7) is 2.07. The summed E-state index contributed by atoms with van der Waals surface area (Å²) < 4.78 is 57.8. The first-order valence-electron chi connectivity index (χ1n) is 11.4. The van der Waals surface area contributed by atoms with Gasteiger partial charge >= 0.3 is 0 Å². The molecule has 36 heavy (non-hydrogen) atoms. The Kier molecular flexibility index (Phi) is 8.19. The number of hydrogen-bond acceptors (Lipinski definition) is 6. The molecule has 1 N–H and O–H groups in total. The lowest BCUT2D eigenvalue weighted by atomic mass is 10.1. The summed E-state index contributed by atoms with van der Waals surface area (Å²) >= 11 is 0. The van der Waals surface area contributed by atoms with Crippen LogP contribution in [0.15, 0.2) is 71.6 Å². The minimum Gasteiger partial charge on any atom is -0.496 e. The van der Waals surface area contributed by atoms with E-state index in [9.17, 15) is 17.6 Å². The van der Waals surface area contributed by atoms with Crippen molar-refractivity contribution in [2.75, 3.05) is 33.4 Å². The number of carbonyl (C=O) groups excluding carboxylic acids is 1. The predicted octanol–water partition coefficient (Wildman–Crippen LogP) is 3.36. The van der Waals surface area contributed by atoms with Crippen LogP contribution >= 0.6 is 0 Å². The smallest absolute Gasteiger partial charge is 0.257 e. The highest BCUT2D eigenvalue weighted by molar-refractivity contribution is 7.89. The highest BCUT2D eigenvalue weighted by atomic mass is 32.2. The van der Waals surface area contributed by atoms with Crippen molar-refractivity contribution in [3.05, 3.63) is 89.2 Å². The van der Waals surface area contributed by atoms with Crippen molar-refractivity contribution >= 4 is 15.9 Å². The van der Waals surface area contributed by atoms with E-state index in [0.717, 1.165) is 11.1 Å². The zero-order valence-corrected chi connectivity index (χ0v) is 20.6. The molecule has 0 unspecified atom stereocenters. The van der Waals surface area contributed by atoms with Gasteiger partial charge in [0.25, 0.3) is 5.91 Å². The fraction of sp³-hybridized carbons (Fsp3) is 0.269. The molecular formula is C26H27FN2O6S. The molecule has 0 aliphatic carbocycles. The lowest BCUT2D eigenvalue weighted by molar-refractivity contribution is 0.0300. The van der Waals surface area contributed by atoms with Crippen LogP contribution in [0.1, 0.15) is 21.5 Å². The first-order valence-corrected chi connectivity index (χ1v) is 12.8. The first kappa shape index (κ1) is 25.6. The third kappa shape index (κ3) is 6.39. The fourth-order valence-electron chi connectivity index (χ4n) is 3.67. The van der Waals surface area contributed by atoms with E-state index in [1.54, 1.807) is 41.3 Å². The van der Waals surface area contributed by atoms with Crippen molar-refractivity contribution < 1.29 is 31.8 Å². The molecule has 0 spiro atoms. The van der Waals surface area contributed by atoms with E-state index in [2.05, 4.69) is 4.72 Å². The van der Waals surface area contributed by atoms with E-state index >= 15 is 0 Å². The maximum atomic E-state index is 13.0. The van der Waals surface area contributed by atoms with E-state index in [-0.39, 0.29) is 35.3 Å². The number of carbonyl (C=O) groups is 1. The first-order chi connectivity index (χ1) is 17.4. The number of rotatable bonds is 9. The number of sulfonamides is 1. The molecule has 1 saturated heterocycles. The third-order valence-corrected chi connectivity index (χ3v) is 7.12. The minimum absolute atomic E-state index is 0.0286. The van der Waals surface area contributed by atoms with Crippen LogP contribution in [0, 0.1) is 5.82 Å². The molecule has 3 aromatic rings. The van der Waals surface area contributed by atoms with Crippen molar-refractivity contribution in [2.24, 2.45) is 0 Å². The number of nitrogens with zero attached hydrogens (tertiary/aromatic N) is 1. The number of hydrogen-bond donors (Lipinski definition) is 1. The largest absolute Gasteiger partial charge is 0.496 e. The Bertz CT molecular complexity index is 1290. The quantitative estimate of drug-likeness (QED) is 0.471. The van der Waals surface area contributed by atoms with E-state index < -0.39 is 10.0 Å². The Morgan fingerprint density at radius 3 is 2.33 bits per heavy atom. The van der Waals surface area contributed by atoms with Crippen LogP contribution in [0.4, 0.5) is 4.39 Å². The lowest BCUT2D eigenvalue weighted by Gasteiger charge is -2.27. The summed E-state index contributed by atoms with van der Waals surface area (Å²) in [6, 6.07) is 17.3. The number of morpholine rings is 1. The van der Waals surface area contributed by atoms with Crippen LogP contribution in [-0.2, 0) is 27.9 Å². The molecule has 1 fully saturated rings. The molecule has 1 heterocycles. The monoisotopic (exact) mass is 514 g/mol. The highest BCUT2D eigenvalue weighted by Gasteiger charge is 2.24. The molecule has 1 aliphatic rings. The van der Waals surface area contributed by atoms with Gasteiger partial charge in [-0.15, -0.1) is 0 Å². The Hall–Kier alpha value is -3.47. The molecule has 0 aromatic heterocycles. The molecule has 1 amide bonds. The minimum atomic E-state index is -3.89. The molecule has 8 nitrogen and oxygen atoms in total. The van der Waals surface area contributed by atoms with E-state index in [4.69, 9.17) is 14.2 Å². The molecule has 190 valence electrons. The summed E-state index contributed by atoms with van der Waals surface area (Å²) in [4.78, 5) is 14.6. The van der Waals surface area contributed by atoms with Gasteiger partial charge in [0.2, 0.25) is 10.0 Å². The molecule has 0 bridgehead atoms. The molecule has 4 rings (SSSR count). The average molecular weight is 515 g/mol. The zero-order chi connectivity index (χ0) is 25.5. The third-order valence-electron chi connectivity index (χ3n) is 5.72. The summed E-state index contributed by atoms with van der Waals surface area (Å²) in [5.41, 5.74) is 1.75. The molecule has 10 heteroatoms. The second kappa shape index (κ2) is 11.5. The van der Waals surface area contributed by atoms with Crippen molar-refractivity contribution in [3.8, 4) is 11.5 Å². The average Bonchev–Trinajstić information content (AvgIpc) is 2.92. The normalized spacial score (nSPS) is 13.9. The standard InChI is InChI=1S/C26H27FN2O6S/c1-33-25-11-10-23(16-24(25)26(30)29-12-14-34-15-13-29)36(31,32)28-17-19-4-8-22(9-5-19)35-18-20-2-6-21(27)7-3-20/h2-11,16,28H,12-15,17-18H2,1H3. The zero-order valence-electron chi connectivity index (χ0n) is 19.8. The lowest BCUT2D eigenvalue weighted by Crippen LogP contribution is -2.40. The summed E-state index contributed by atoms with van der Waals surface area (Å²) in [5, 5.41) is 0. The topological polar surface area (TPSA) is 94.2 Å². The van der Waals surface area contributed by atoms with Crippen LogP contribution in [0.25, 0.3) is 0 Å². The summed E-state index contributed by atoms with van der Waals surface area (Å²) in [7, 11) is -2.46. The van der Waals surface area contributed by atoms with Crippen LogP contribution < -0.4 is 14.2 Å². The van der Waals surface area contributed by atoms with Gasteiger partial charge in [0.05, 0.1) is 30.8 Å². The Morgan fingerprint density at radius 2 is 1.67 bits per heavy atom.